The molecule has 0 N–H and O–H groups in total. The molecule has 0 aliphatic carbocycles. The van der Waals surface area contributed by atoms with Gasteiger partial charge in [0.2, 0.25) is 0 Å². The average molecular weight is 418 g/mol. The van der Waals surface area contributed by atoms with E-state index >= 15 is 0 Å². The maximum absolute atomic E-state index is 14.4. The molecule has 0 heterocycles. The largest absolute Gasteiger partial charge is 0.432 e. The van der Waals surface area contributed by atoms with Crippen LogP contribution in [0.3, 0.4) is 0 Å². The van der Waals surface area contributed by atoms with Gasteiger partial charge in [-0.3, -0.25) is 0 Å². The molecule has 0 saturated carbocycles. The molecule has 3 aromatic carbocycles. The standard InChI is InChI=1S/C20H10F8O/c1-9-2-4-10(5-3-9)12-8-13(21)16(19(26)17(12)24)20(27,28)29-11-6-14(22)18(25)15(23)7-11/h2-8H,1H3. The molecule has 0 spiro atoms. The van der Waals surface area contributed by atoms with E-state index in [1.807, 2.05) is 0 Å². The van der Waals surface area contributed by atoms with Crippen molar-refractivity contribution in [2.45, 2.75) is 13.0 Å². The number of hydrogen-bond acceptors (Lipinski definition) is 1. The fourth-order valence-corrected chi connectivity index (χ4v) is 2.60. The minimum absolute atomic E-state index is 0.0318. The van der Waals surface area contributed by atoms with Gasteiger partial charge in [0.15, 0.2) is 29.1 Å². The van der Waals surface area contributed by atoms with Crippen molar-refractivity contribution >= 4 is 0 Å². The number of aryl methyl sites for hydroxylation is 1. The summed E-state index contributed by atoms with van der Waals surface area (Å²) in [5.74, 6) is -12.8. The van der Waals surface area contributed by atoms with Crippen molar-refractivity contribution in [3.05, 3.63) is 88.5 Å². The Morgan fingerprint density at radius 3 is 1.79 bits per heavy atom. The summed E-state index contributed by atoms with van der Waals surface area (Å²) < 4.78 is 115. The van der Waals surface area contributed by atoms with Gasteiger partial charge in [-0.25, -0.2) is 26.3 Å². The highest BCUT2D eigenvalue weighted by Crippen LogP contribution is 2.39. The first kappa shape index (κ1) is 20.6. The minimum Gasteiger partial charge on any atom is -0.429 e. The molecule has 29 heavy (non-hydrogen) atoms. The van der Waals surface area contributed by atoms with Crippen LogP contribution in [-0.4, -0.2) is 0 Å². The molecule has 0 bridgehead atoms. The molecule has 3 rings (SSSR count). The SMILES string of the molecule is Cc1ccc(-c2cc(F)c(C(F)(F)Oc3cc(F)c(F)c(F)c3)c(F)c2F)cc1. The molecule has 3 aromatic rings. The lowest BCUT2D eigenvalue weighted by molar-refractivity contribution is -0.190. The second-order valence-corrected chi connectivity index (χ2v) is 6.09. The topological polar surface area (TPSA) is 9.23 Å². The molecule has 152 valence electrons. The van der Waals surface area contributed by atoms with Crippen molar-refractivity contribution in [2.75, 3.05) is 0 Å². The highest BCUT2D eigenvalue weighted by atomic mass is 19.3. The fraction of sp³-hybridized carbons (Fsp3) is 0.100. The number of benzene rings is 3. The lowest BCUT2D eigenvalue weighted by atomic mass is 10.0. The van der Waals surface area contributed by atoms with E-state index in [1.54, 1.807) is 6.92 Å². The van der Waals surface area contributed by atoms with Gasteiger partial charge in [0.05, 0.1) is 0 Å². The predicted octanol–water partition coefficient (Wildman–Crippen LogP) is 6.62. The number of alkyl halides is 2. The van der Waals surface area contributed by atoms with Crippen molar-refractivity contribution in [2.24, 2.45) is 0 Å². The van der Waals surface area contributed by atoms with Crippen molar-refractivity contribution < 1.29 is 39.9 Å². The molecule has 0 aromatic heterocycles. The van der Waals surface area contributed by atoms with Crippen LogP contribution in [0.15, 0.2) is 42.5 Å². The summed E-state index contributed by atoms with van der Waals surface area (Å²) in [5, 5.41) is 0. The lowest BCUT2D eigenvalue weighted by Gasteiger charge is -2.20. The fourth-order valence-electron chi connectivity index (χ4n) is 2.60. The van der Waals surface area contributed by atoms with Gasteiger partial charge in [-0.1, -0.05) is 29.8 Å². The van der Waals surface area contributed by atoms with Gasteiger partial charge in [-0.15, -0.1) is 0 Å². The summed E-state index contributed by atoms with van der Waals surface area (Å²) in [6.45, 7) is 1.71. The summed E-state index contributed by atoms with van der Waals surface area (Å²) >= 11 is 0. The number of hydrogen-bond donors (Lipinski definition) is 0. The summed E-state index contributed by atoms with van der Waals surface area (Å²) in [6.07, 6.45) is -4.86. The van der Waals surface area contributed by atoms with E-state index in [-0.39, 0.29) is 17.7 Å². The lowest BCUT2D eigenvalue weighted by Crippen LogP contribution is -2.26. The zero-order valence-electron chi connectivity index (χ0n) is 14.5. The third-order valence-electron chi connectivity index (χ3n) is 4.02. The summed E-state index contributed by atoms with van der Waals surface area (Å²) in [7, 11) is 0. The Hall–Kier alpha value is -3.10. The maximum atomic E-state index is 14.4. The van der Waals surface area contributed by atoms with Gasteiger partial charge >= 0.3 is 6.11 Å². The Morgan fingerprint density at radius 2 is 1.24 bits per heavy atom. The highest BCUT2D eigenvalue weighted by molar-refractivity contribution is 5.65. The second kappa shape index (κ2) is 7.38. The quantitative estimate of drug-likeness (QED) is 0.263. The molecule has 0 amide bonds. The van der Waals surface area contributed by atoms with Gasteiger partial charge in [0.1, 0.15) is 17.1 Å². The van der Waals surface area contributed by atoms with Gasteiger partial charge in [-0.05, 0) is 18.6 Å². The highest BCUT2D eigenvalue weighted by Gasteiger charge is 2.43. The van der Waals surface area contributed by atoms with E-state index in [0.29, 0.717) is 6.07 Å². The normalized spacial score (nSPS) is 11.6. The zero-order valence-corrected chi connectivity index (χ0v) is 14.5. The number of rotatable bonds is 4. The van der Waals surface area contributed by atoms with Gasteiger partial charge in [0.25, 0.3) is 0 Å². The van der Waals surface area contributed by atoms with E-state index in [0.717, 1.165) is 5.56 Å². The molecular formula is C20H10F8O. The second-order valence-electron chi connectivity index (χ2n) is 6.09. The zero-order chi connectivity index (χ0) is 21.5. The molecule has 0 unspecified atom stereocenters. The van der Waals surface area contributed by atoms with E-state index in [1.165, 1.54) is 24.3 Å². The minimum atomic E-state index is -4.86. The van der Waals surface area contributed by atoms with Gasteiger partial charge in [0, 0.05) is 17.7 Å². The van der Waals surface area contributed by atoms with Crippen LogP contribution in [0.2, 0.25) is 0 Å². The van der Waals surface area contributed by atoms with Crippen molar-refractivity contribution in [3.8, 4) is 16.9 Å². The Kier molecular flexibility index (Phi) is 5.25. The molecule has 9 heteroatoms. The van der Waals surface area contributed by atoms with Crippen LogP contribution in [0.5, 0.6) is 5.75 Å². The van der Waals surface area contributed by atoms with Crippen LogP contribution < -0.4 is 4.74 Å². The molecule has 0 aliphatic heterocycles. The first-order valence-corrected chi connectivity index (χ1v) is 7.97. The number of halogens is 8. The van der Waals surface area contributed by atoms with E-state index < -0.39 is 57.9 Å². The molecular weight excluding hydrogens is 408 g/mol. The monoisotopic (exact) mass is 418 g/mol. The van der Waals surface area contributed by atoms with E-state index in [2.05, 4.69) is 4.74 Å². The van der Waals surface area contributed by atoms with Gasteiger partial charge in [-0.2, -0.15) is 8.78 Å². The molecule has 0 saturated heterocycles. The molecule has 0 radical (unpaired) electrons. The van der Waals surface area contributed by atoms with Crippen LogP contribution in [0, 0.1) is 41.8 Å². The summed E-state index contributed by atoms with van der Waals surface area (Å²) in [4.78, 5) is 0. The van der Waals surface area contributed by atoms with Crippen LogP contribution >= 0.6 is 0 Å². The average Bonchev–Trinajstić information content (AvgIpc) is 2.63. The van der Waals surface area contributed by atoms with Crippen molar-refractivity contribution in [1.29, 1.82) is 0 Å². The van der Waals surface area contributed by atoms with E-state index in [4.69, 9.17) is 0 Å². The maximum Gasteiger partial charge on any atom is 0.432 e. The Bertz CT molecular complexity index is 1050. The molecule has 0 aliphatic rings. The predicted molar refractivity (Wildman–Crippen MR) is 87.3 cm³/mol. The van der Waals surface area contributed by atoms with Crippen LogP contribution in [0.25, 0.3) is 11.1 Å². The molecule has 0 fully saturated rings. The third-order valence-corrected chi connectivity index (χ3v) is 4.02. The Labute approximate surface area is 159 Å². The number of ether oxygens (including phenoxy) is 1. The van der Waals surface area contributed by atoms with Crippen molar-refractivity contribution in [3.63, 3.8) is 0 Å². The van der Waals surface area contributed by atoms with Crippen LogP contribution in [0.1, 0.15) is 11.1 Å². The summed E-state index contributed by atoms with van der Waals surface area (Å²) in [5.41, 5.74) is -1.91. The smallest absolute Gasteiger partial charge is 0.429 e. The van der Waals surface area contributed by atoms with Crippen molar-refractivity contribution in [1.82, 2.24) is 0 Å². The Balaban J connectivity index is 2.06. The first-order chi connectivity index (χ1) is 13.5. The van der Waals surface area contributed by atoms with E-state index in [9.17, 15) is 35.1 Å². The summed E-state index contributed by atoms with van der Waals surface area (Å²) in [6, 6.07) is 6.18. The molecule has 1 nitrogen and oxygen atoms in total. The first-order valence-electron chi connectivity index (χ1n) is 7.97. The van der Waals surface area contributed by atoms with Crippen LogP contribution in [-0.2, 0) is 6.11 Å². The molecule has 0 atom stereocenters. The Morgan fingerprint density at radius 1 is 0.690 bits per heavy atom. The van der Waals surface area contributed by atoms with Crippen LogP contribution in [0.4, 0.5) is 35.1 Å². The van der Waals surface area contributed by atoms with Gasteiger partial charge < -0.3 is 4.74 Å². The third kappa shape index (κ3) is 3.90.